The zero-order valence-corrected chi connectivity index (χ0v) is 13.4. The molecule has 0 heterocycles. The van der Waals surface area contributed by atoms with E-state index in [0.29, 0.717) is 18.1 Å². The number of likely N-dealkylation sites (N-methyl/N-ethyl adjacent to an activating group) is 2. The molecule has 1 rings (SSSR count). The van der Waals surface area contributed by atoms with E-state index >= 15 is 0 Å². The Balaban J connectivity index is 2.90. The van der Waals surface area contributed by atoms with Crippen LogP contribution in [0.4, 0.5) is 0 Å². The van der Waals surface area contributed by atoms with Crippen molar-refractivity contribution in [3.63, 3.8) is 0 Å². The van der Waals surface area contributed by atoms with Crippen LogP contribution in [0.15, 0.2) is 24.3 Å². The highest BCUT2D eigenvalue weighted by molar-refractivity contribution is 5.25. The maximum atomic E-state index is 3.64. The molecule has 0 saturated heterocycles. The Labute approximate surface area is 119 Å². The normalized spacial score (nSPS) is 16.4. The van der Waals surface area contributed by atoms with E-state index in [1.54, 1.807) is 0 Å². The molecule has 0 amide bonds. The molecule has 19 heavy (non-hydrogen) atoms. The molecule has 3 atom stereocenters. The zero-order valence-electron chi connectivity index (χ0n) is 13.4. The van der Waals surface area contributed by atoms with Gasteiger partial charge < -0.3 is 5.32 Å². The molecule has 0 aliphatic carbocycles. The topological polar surface area (TPSA) is 15.3 Å². The molecule has 0 radical (unpaired) electrons. The predicted molar refractivity (Wildman–Crippen MR) is 84.6 cm³/mol. The Morgan fingerprint density at radius 1 is 1.11 bits per heavy atom. The van der Waals surface area contributed by atoms with Gasteiger partial charge in [-0.2, -0.15) is 0 Å². The fraction of sp³-hybridized carbons (Fsp3) is 0.647. The molecule has 3 unspecified atom stereocenters. The Kier molecular flexibility index (Phi) is 6.53. The van der Waals surface area contributed by atoms with Crippen molar-refractivity contribution in [2.45, 2.75) is 59.2 Å². The van der Waals surface area contributed by atoms with Crippen molar-refractivity contribution in [1.29, 1.82) is 0 Å². The van der Waals surface area contributed by atoms with Crippen LogP contribution in [0.1, 0.15) is 51.3 Å². The number of rotatable bonds is 7. The van der Waals surface area contributed by atoms with E-state index in [0.717, 1.165) is 6.54 Å². The van der Waals surface area contributed by atoms with E-state index in [1.807, 2.05) is 0 Å². The first kappa shape index (κ1) is 16.2. The summed E-state index contributed by atoms with van der Waals surface area (Å²) in [5, 5.41) is 3.64. The van der Waals surface area contributed by atoms with Crippen LogP contribution in [0.25, 0.3) is 0 Å². The lowest BCUT2D eigenvalue weighted by atomic mass is 9.97. The van der Waals surface area contributed by atoms with Gasteiger partial charge in [0.1, 0.15) is 0 Å². The Hall–Kier alpha value is -0.860. The molecule has 108 valence electrons. The lowest BCUT2D eigenvalue weighted by Gasteiger charge is -2.36. The average molecular weight is 262 g/mol. The van der Waals surface area contributed by atoms with Gasteiger partial charge in [0.05, 0.1) is 0 Å². The lowest BCUT2D eigenvalue weighted by molar-refractivity contribution is 0.156. The van der Waals surface area contributed by atoms with Gasteiger partial charge in [-0.25, -0.2) is 0 Å². The summed E-state index contributed by atoms with van der Waals surface area (Å²) in [6.45, 7) is 12.2. The average Bonchev–Trinajstić information content (AvgIpc) is 2.43. The zero-order chi connectivity index (χ0) is 14.4. The van der Waals surface area contributed by atoms with Crippen LogP contribution >= 0.6 is 0 Å². The molecule has 0 aromatic heterocycles. The summed E-state index contributed by atoms with van der Waals surface area (Å²) in [6, 6.07) is 10.4. The number of nitrogens with one attached hydrogen (secondary N) is 1. The highest BCUT2D eigenvalue weighted by atomic mass is 15.2. The van der Waals surface area contributed by atoms with E-state index in [2.05, 4.69) is 76.1 Å². The molecule has 0 saturated carbocycles. The van der Waals surface area contributed by atoms with Gasteiger partial charge in [0.2, 0.25) is 0 Å². The molecule has 2 nitrogen and oxygen atoms in total. The number of nitrogens with zero attached hydrogens (tertiary/aromatic N) is 1. The number of aryl methyl sites for hydroxylation is 1. The van der Waals surface area contributed by atoms with E-state index in [1.165, 1.54) is 17.5 Å². The molecule has 0 spiro atoms. The lowest BCUT2D eigenvalue weighted by Crippen LogP contribution is -2.44. The highest BCUT2D eigenvalue weighted by Crippen LogP contribution is 2.22. The largest absolute Gasteiger partial charge is 0.309 e. The first-order chi connectivity index (χ1) is 9.01. The van der Waals surface area contributed by atoms with Gasteiger partial charge in [-0.3, -0.25) is 4.90 Å². The maximum absolute atomic E-state index is 3.64. The third-order valence-electron chi connectivity index (χ3n) is 4.27. The molecule has 1 aromatic rings. The maximum Gasteiger partial charge on any atom is 0.0475 e. The first-order valence-corrected chi connectivity index (χ1v) is 7.53. The molecule has 0 aliphatic heterocycles. The SMILES string of the molecule is CCNC(c1ccc(C)cc1)C(C)N(C)C(C)CC. The highest BCUT2D eigenvalue weighted by Gasteiger charge is 2.24. The molecule has 0 bridgehead atoms. The van der Waals surface area contributed by atoms with Crippen molar-refractivity contribution in [2.24, 2.45) is 0 Å². The molecular weight excluding hydrogens is 232 g/mol. The summed E-state index contributed by atoms with van der Waals surface area (Å²) in [7, 11) is 2.23. The van der Waals surface area contributed by atoms with Gasteiger partial charge in [0.15, 0.2) is 0 Å². The minimum absolute atomic E-state index is 0.393. The molecular formula is C17H30N2. The van der Waals surface area contributed by atoms with Gasteiger partial charge in [0.25, 0.3) is 0 Å². The van der Waals surface area contributed by atoms with E-state index in [4.69, 9.17) is 0 Å². The molecule has 1 N–H and O–H groups in total. The third kappa shape index (κ3) is 4.32. The second-order valence-electron chi connectivity index (χ2n) is 5.61. The number of hydrogen-bond acceptors (Lipinski definition) is 2. The summed E-state index contributed by atoms with van der Waals surface area (Å²) < 4.78 is 0. The van der Waals surface area contributed by atoms with Gasteiger partial charge in [-0.1, -0.05) is 43.7 Å². The van der Waals surface area contributed by atoms with Crippen molar-refractivity contribution in [3.8, 4) is 0 Å². The smallest absolute Gasteiger partial charge is 0.0475 e. The standard InChI is InChI=1S/C17H30N2/c1-7-14(4)19(6)15(5)17(18-8-2)16-11-9-13(3)10-12-16/h9-12,14-15,17-18H,7-8H2,1-6H3. The second kappa shape index (κ2) is 7.66. The van der Waals surface area contributed by atoms with Crippen LogP contribution in [-0.4, -0.2) is 30.6 Å². The summed E-state index contributed by atoms with van der Waals surface area (Å²) in [4.78, 5) is 2.48. The van der Waals surface area contributed by atoms with Gasteiger partial charge >= 0.3 is 0 Å². The van der Waals surface area contributed by atoms with Crippen LogP contribution in [0.5, 0.6) is 0 Å². The van der Waals surface area contributed by atoms with Crippen molar-refractivity contribution >= 4 is 0 Å². The van der Waals surface area contributed by atoms with Crippen LogP contribution in [0.3, 0.4) is 0 Å². The molecule has 1 aromatic carbocycles. The molecule has 0 fully saturated rings. The predicted octanol–water partition coefficient (Wildman–Crippen LogP) is 3.76. The molecule has 2 heteroatoms. The van der Waals surface area contributed by atoms with Crippen LogP contribution in [0.2, 0.25) is 0 Å². The third-order valence-corrected chi connectivity index (χ3v) is 4.27. The minimum atomic E-state index is 0.393. The first-order valence-electron chi connectivity index (χ1n) is 7.53. The Bertz CT molecular complexity index is 358. The summed E-state index contributed by atoms with van der Waals surface area (Å²) in [5.41, 5.74) is 2.71. The van der Waals surface area contributed by atoms with E-state index in [9.17, 15) is 0 Å². The van der Waals surface area contributed by atoms with Crippen molar-refractivity contribution in [3.05, 3.63) is 35.4 Å². The summed E-state index contributed by atoms with van der Waals surface area (Å²) in [6.07, 6.45) is 1.19. The van der Waals surface area contributed by atoms with Crippen molar-refractivity contribution in [2.75, 3.05) is 13.6 Å². The quantitative estimate of drug-likeness (QED) is 0.805. The Morgan fingerprint density at radius 2 is 1.68 bits per heavy atom. The number of hydrogen-bond donors (Lipinski definition) is 1. The second-order valence-corrected chi connectivity index (χ2v) is 5.61. The van der Waals surface area contributed by atoms with Gasteiger partial charge in [0, 0.05) is 18.1 Å². The summed E-state index contributed by atoms with van der Waals surface area (Å²) >= 11 is 0. The van der Waals surface area contributed by atoms with Crippen molar-refractivity contribution in [1.82, 2.24) is 10.2 Å². The van der Waals surface area contributed by atoms with Gasteiger partial charge in [-0.05, 0) is 46.3 Å². The van der Waals surface area contributed by atoms with Crippen LogP contribution < -0.4 is 5.32 Å². The van der Waals surface area contributed by atoms with Gasteiger partial charge in [-0.15, -0.1) is 0 Å². The van der Waals surface area contributed by atoms with E-state index in [-0.39, 0.29) is 0 Å². The van der Waals surface area contributed by atoms with Crippen LogP contribution in [0, 0.1) is 6.92 Å². The monoisotopic (exact) mass is 262 g/mol. The number of benzene rings is 1. The summed E-state index contributed by atoms with van der Waals surface area (Å²) in [5.74, 6) is 0. The fourth-order valence-electron chi connectivity index (χ4n) is 2.49. The molecule has 0 aliphatic rings. The Morgan fingerprint density at radius 3 is 2.16 bits per heavy atom. The van der Waals surface area contributed by atoms with E-state index < -0.39 is 0 Å². The fourth-order valence-corrected chi connectivity index (χ4v) is 2.49. The van der Waals surface area contributed by atoms with Crippen LogP contribution in [-0.2, 0) is 0 Å². The van der Waals surface area contributed by atoms with Crippen molar-refractivity contribution < 1.29 is 0 Å². The minimum Gasteiger partial charge on any atom is -0.309 e.